The third-order valence-corrected chi connectivity index (χ3v) is 4.59. The molecule has 146 valence electrons. The van der Waals surface area contributed by atoms with Gasteiger partial charge in [-0.3, -0.25) is 9.59 Å². The van der Waals surface area contributed by atoms with Crippen molar-refractivity contribution in [2.24, 2.45) is 0 Å². The first-order valence-electron chi connectivity index (χ1n) is 8.99. The molecule has 0 radical (unpaired) electrons. The Morgan fingerprint density at radius 3 is 2.46 bits per heavy atom. The Kier molecular flexibility index (Phi) is 5.75. The first-order valence-corrected chi connectivity index (χ1v) is 8.99. The maximum atomic E-state index is 12.9. The zero-order valence-corrected chi connectivity index (χ0v) is 15.7. The van der Waals surface area contributed by atoms with Crippen molar-refractivity contribution in [3.63, 3.8) is 0 Å². The van der Waals surface area contributed by atoms with Gasteiger partial charge in [0, 0.05) is 23.4 Å². The van der Waals surface area contributed by atoms with Crippen LogP contribution in [0.1, 0.15) is 33.2 Å². The maximum Gasteiger partial charge on any atom is 0.334 e. The molecule has 2 aromatic carbocycles. The van der Waals surface area contributed by atoms with Gasteiger partial charge >= 0.3 is 5.97 Å². The van der Waals surface area contributed by atoms with Crippen LogP contribution < -0.4 is 5.32 Å². The van der Waals surface area contributed by atoms with Crippen LogP contribution in [0.2, 0.25) is 0 Å². The molecule has 0 aromatic heterocycles. The molecule has 2 amide bonds. The van der Waals surface area contributed by atoms with E-state index in [1.54, 1.807) is 49.4 Å². The molecular formula is C21H22N2O5. The molecule has 2 N–H and O–H groups in total. The molecular weight excluding hydrogens is 360 g/mol. The van der Waals surface area contributed by atoms with E-state index in [1.165, 1.54) is 4.90 Å². The summed E-state index contributed by atoms with van der Waals surface area (Å²) >= 11 is 0. The van der Waals surface area contributed by atoms with E-state index in [0.717, 1.165) is 5.56 Å². The lowest BCUT2D eigenvalue weighted by Crippen LogP contribution is -2.51. The average Bonchev–Trinajstić information content (AvgIpc) is 2.69. The number of benzene rings is 2. The minimum absolute atomic E-state index is 0.0158. The van der Waals surface area contributed by atoms with Crippen LogP contribution in [0, 0.1) is 6.92 Å². The number of aliphatic carboxylic acids is 1. The highest BCUT2D eigenvalue weighted by Gasteiger charge is 2.33. The minimum atomic E-state index is -1.09. The second-order valence-electron chi connectivity index (χ2n) is 6.83. The molecule has 1 aliphatic rings. The van der Waals surface area contributed by atoms with Crippen molar-refractivity contribution in [1.82, 2.24) is 4.90 Å². The van der Waals surface area contributed by atoms with Gasteiger partial charge in [-0.25, -0.2) is 4.79 Å². The highest BCUT2D eigenvalue weighted by Crippen LogP contribution is 2.21. The van der Waals surface area contributed by atoms with Crippen LogP contribution in [0.15, 0.2) is 48.5 Å². The lowest BCUT2D eigenvalue weighted by Gasteiger charge is -2.35. The number of hydrogen-bond donors (Lipinski definition) is 2. The number of morpholine rings is 1. The maximum absolute atomic E-state index is 12.9. The van der Waals surface area contributed by atoms with Crippen LogP contribution in [0.4, 0.5) is 5.69 Å². The highest BCUT2D eigenvalue weighted by atomic mass is 16.5. The molecule has 0 bridgehead atoms. The van der Waals surface area contributed by atoms with E-state index in [9.17, 15) is 19.5 Å². The monoisotopic (exact) mass is 382 g/mol. The molecule has 2 aromatic rings. The molecule has 1 saturated heterocycles. The molecule has 3 rings (SSSR count). The smallest absolute Gasteiger partial charge is 0.334 e. The number of carbonyl (C=O) groups is 3. The predicted molar refractivity (Wildman–Crippen MR) is 103 cm³/mol. The van der Waals surface area contributed by atoms with Gasteiger partial charge in [0.15, 0.2) is 6.10 Å². The van der Waals surface area contributed by atoms with E-state index in [2.05, 4.69) is 5.32 Å². The molecule has 1 fully saturated rings. The van der Waals surface area contributed by atoms with Crippen LogP contribution in [0.25, 0.3) is 0 Å². The first-order chi connectivity index (χ1) is 13.3. The van der Waals surface area contributed by atoms with Gasteiger partial charge in [0.05, 0.1) is 12.6 Å². The van der Waals surface area contributed by atoms with Gasteiger partial charge in [-0.1, -0.05) is 24.3 Å². The van der Waals surface area contributed by atoms with Gasteiger partial charge < -0.3 is 20.1 Å². The van der Waals surface area contributed by atoms with Crippen LogP contribution in [0.5, 0.6) is 0 Å². The van der Waals surface area contributed by atoms with Crippen LogP contribution >= 0.6 is 0 Å². The Morgan fingerprint density at radius 1 is 1.07 bits per heavy atom. The minimum Gasteiger partial charge on any atom is -0.479 e. The molecule has 7 nitrogen and oxygen atoms in total. The summed E-state index contributed by atoms with van der Waals surface area (Å²) in [4.78, 5) is 38.0. The zero-order valence-electron chi connectivity index (χ0n) is 15.7. The van der Waals surface area contributed by atoms with Crippen molar-refractivity contribution in [2.45, 2.75) is 26.1 Å². The molecule has 1 heterocycles. The number of carboxylic acids is 1. The number of hydrogen-bond acceptors (Lipinski definition) is 4. The number of carbonyl (C=O) groups excluding carboxylic acids is 2. The molecule has 1 aliphatic heterocycles. The van der Waals surface area contributed by atoms with Crippen LogP contribution in [0.3, 0.4) is 0 Å². The topological polar surface area (TPSA) is 95.9 Å². The number of amides is 2. The summed E-state index contributed by atoms with van der Waals surface area (Å²) in [7, 11) is 0. The van der Waals surface area contributed by atoms with Gasteiger partial charge in [0.25, 0.3) is 11.8 Å². The largest absolute Gasteiger partial charge is 0.479 e. The molecule has 0 aliphatic carbocycles. The third kappa shape index (κ3) is 4.37. The summed E-state index contributed by atoms with van der Waals surface area (Å²) in [6.07, 6.45) is -1.42. The standard InChI is InChI=1S/C21H22N2O5/c1-13-8-9-16(10-17(13)22-19(24)15-6-4-3-5-7-15)20(25)23-11-14(2)28-18(12-23)21(26)27/h3-10,14,18H,11-12H2,1-2H3,(H,22,24)(H,26,27)/t14-,18?/m1/s1. The molecule has 0 spiro atoms. The average molecular weight is 382 g/mol. The van der Waals surface area contributed by atoms with E-state index in [1.807, 2.05) is 13.0 Å². The van der Waals surface area contributed by atoms with Crippen LogP contribution in [-0.4, -0.2) is 53.1 Å². The molecule has 2 atom stereocenters. The zero-order chi connectivity index (χ0) is 20.3. The highest BCUT2D eigenvalue weighted by molar-refractivity contribution is 6.05. The molecule has 0 saturated carbocycles. The summed E-state index contributed by atoms with van der Waals surface area (Å²) in [5.41, 5.74) is 2.26. The van der Waals surface area contributed by atoms with E-state index < -0.39 is 12.1 Å². The lowest BCUT2D eigenvalue weighted by atomic mass is 10.1. The summed E-state index contributed by atoms with van der Waals surface area (Å²) in [5, 5.41) is 12.0. The second kappa shape index (κ2) is 8.22. The molecule has 28 heavy (non-hydrogen) atoms. The SMILES string of the molecule is Cc1ccc(C(=O)N2CC(C(=O)O)O[C@H](C)C2)cc1NC(=O)c1ccccc1. The Hall–Kier alpha value is -3.19. The molecule has 7 heteroatoms. The van der Waals surface area contributed by atoms with Gasteiger partial charge in [-0.15, -0.1) is 0 Å². The van der Waals surface area contributed by atoms with Crippen molar-refractivity contribution in [3.8, 4) is 0 Å². The number of rotatable bonds is 4. The number of nitrogens with zero attached hydrogens (tertiary/aromatic N) is 1. The Bertz CT molecular complexity index is 897. The van der Waals surface area contributed by atoms with Crippen molar-refractivity contribution in [2.75, 3.05) is 18.4 Å². The number of anilines is 1. The molecule has 1 unspecified atom stereocenters. The summed E-state index contributed by atoms with van der Waals surface area (Å²) in [6.45, 7) is 3.86. The summed E-state index contributed by atoms with van der Waals surface area (Å²) < 4.78 is 5.36. The fraction of sp³-hybridized carbons (Fsp3) is 0.286. The van der Waals surface area contributed by atoms with Gasteiger partial charge in [0.1, 0.15) is 0 Å². The quantitative estimate of drug-likeness (QED) is 0.847. The predicted octanol–water partition coefficient (Wildman–Crippen LogP) is 2.56. The third-order valence-electron chi connectivity index (χ3n) is 4.59. The van der Waals surface area contributed by atoms with E-state index in [0.29, 0.717) is 23.4 Å². The van der Waals surface area contributed by atoms with E-state index >= 15 is 0 Å². The van der Waals surface area contributed by atoms with Crippen molar-refractivity contribution >= 4 is 23.5 Å². The Labute approximate surface area is 162 Å². The van der Waals surface area contributed by atoms with Crippen molar-refractivity contribution in [1.29, 1.82) is 0 Å². The Morgan fingerprint density at radius 2 is 1.79 bits per heavy atom. The Balaban J connectivity index is 1.79. The number of carboxylic acid groups (broad SMARTS) is 1. The summed E-state index contributed by atoms with van der Waals surface area (Å²) in [5.74, 6) is -1.65. The van der Waals surface area contributed by atoms with E-state index in [-0.39, 0.29) is 24.5 Å². The van der Waals surface area contributed by atoms with Crippen molar-refractivity contribution in [3.05, 3.63) is 65.2 Å². The fourth-order valence-electron chi connectivity index (χ4n) is 3.11. The number of aryl methyl sites for hydroxylation is 1. The normalized spacial score (nSPS) is 19.1. The van der Waals surface area contributed by atoms with Gasteiger partial charge in [-0.05, 0) is 43.7 Å². The first kappa shape index (κ1) is 19.6. The van der Waals surface area contributed by atoms with Gasteiger partial charge in [0.2, 0.25) is 0 Å². The fourth-order valence-corrected chi connectivity index (χ4v) is 3.11. The van der Waals surface area contributed by atoms with Gasteiger partial charge in [-0.2, -0.15) is 0 Å². The van der Waals surface area contributed by atoms with Crippen LogP contribution in [-0.2, 0) is 9.53 Å². The lowest BCUT2D eigenvalue weighted by molar-refractivity contribution is -0.160. The number of nitrogens with one attached hydrogen (secondary N) is 1. The second-order valence-corrected chi connectivity index (χ2v) is 6.83. The van der Waals surface area contributed by atoms with Crippen molar-refractivity contribution < 1.29 is 24.2 Å². The van der Waals surface area contributed by atoms with E-state index in [4.69, 9.17) is 4.74 Å². The summed E-state index contributed by atoms with van der Waals surface area (Å²) in [6, 6.07) is 13.9. The number of ether oxygens (including phenoxy) is 1.